The van der Waals surface area contributed by atoms with Gasteiger partial charge in [-0.05, 0) is 49.7 Å². The van der Waals surface area contributed by atoms with Crippen molar-refractivity contribution in [2.24, 2.45) is 0 Å². The molecule has 0 atom stereocenters. The van der Waals surface area contributed by atoms with Gasteiger partial charge in [0.05, 0.1) is 0 Å². The highest BCUT2D eigenvalue weighted by Crippen LogP contribution is 2.41. The van der Waals surface area contributed by atoms with E-state index in [1.54, 1.807) is 5.56 Å². The molecule has 0 unspecified atom stereocenters. The molecule has 1 nitrogen and oxygen atoms in total. The fraction of sp³-hybridized carbons (Fsp3) is 0.625. The van der Waals surface area contributed by atoms with Crippen LogP contribution in [0.25, 0.3) is 0 Å². The van der Waals surface area contributed by atoms with E-state index in [0.29, 0.717) is 0 Å². The summed E-state index contributed by atoms with van der Waals surface area (Å²) in [6.45, 7) is 7.88. The third-order valence-electron chi connectivity index (χ3n) is 4.34. The van der Waals surface area contributed by atoms with Gasteiger partial charge in [-0.25, -0.2) is 0 Å². The summed E-state index contributed by atoms with van der Waals surface area (Å²) >= 11 is 0. The van der Waals surface area contributed by atoms with E-state index in [4.69, 9.17) is 0 Å². The minimum atomic E-state index is 0.288. The SMILES string of the molecule is CCC(C)(CC)NCc1ccccc1C1CC1. The maximum atomic E-state index is 3.73. The molecule has 1 N–H and O–H groups in total. The van der Waals surface area contributed by atoms with Gasteiger partial charge in [0.2, 0.25) is 0 Å². The Morgan fingerprint density at radius 2 is 1.82 bits per heavy atom. The summed E-state index contributed by atoms with van der Waals surface area (Å²) in [5.74, 6) is 0.850. The molecule has 0 saturated heterocycles. The molecular weight excluding hydrogens is 206 g/mol. The number of nitrogens with one attached hydrogen (secondary N) is 1. The predicted molar refractivity (Wildman–Crippen MR) is 74.2 cm³/mol. The van der Waals surface area contributed by atoms with Crippen molar-refractivity contribution in [3.05, 3.63) is 35.4 Å². The van der Waals surface area contributed by atoms with Crippen molar-refractivity contribution >= 4 is 0 Å². The molecule has 1 aliphatic carbocycles. The quantitative estimate of drug-likeness (QED) is 0.772. The van der Waals surface area contributed by atoms with Gasteiger partial charge >= 0.3 is 0 Å². The van der Waals surface area contributed by atoms with Crippen LogP contribution in [0.1, 0.15) is 63.5 Å². The fourth-order valence-electron chi connectivity index (χ4n) is 2.30. The Morgan fingerprint density at radius 1 is 1.18 bits per heavy atom. The Labute approximate surface area is 106 Å². The second kappa shape index (κ2) is 5.22. The normalized spacial score (nSPS) is 16.2. The molecule has 0 radical (unpaired) electrons. The van der Waals surface area contributed by atoms with Crippen LogP contribution in [0.2, 0.25) is 0 Å². The van der Waals surface area contributed by atoms with E-state index >= 15 is 0 Å². The molecule has 94 valence electrons. The van der Waals surface area contributed by atoms with E-state index in [2.05, 4.69) is 50.4 Å². The third kappa shape index (κ3) is 3.10. The zero-order valence-corrected chi connectivity index (χ0v) is 11.4. The molecule has 0 bridgehead atoms. The lowest BCUT2D eigenvalue weighted by Gasteiger charge is -2.29. The van der Waals surface area contributed by atoms with Crippen LogP contribution in [0.4, 0.5) is 0 Å². The zero-order valence-electron chi connectivity index (χ0n) is 11.4. The molecule has 1 aliphatic rings. The first-order valence-electron chi connectivity index (χ1n) is 7.01. The van der Waals surface area contributed by atoms with E-state index in [0.717, 1.165) is 12.5 Å². The van der Waals surface area contributed by atoms with Crippen LogP contribution in [0.5, 0.6) is 0 Å². The van der Waals surface area contributed by atoms with E-state index < -0.39 is 0 Å². The average molecular weight is 231 g/mol. The Morgan fingerprint density at radius 3 is 2.41 bits per heavy atom. The number of hydrogen-bond donors (Lipinski definition) is 1. The van der Waals surface area contributed by atoms with Gasteiger partial charge in [0.1, 0.15) is 0 Å². The van der Waals surface area contributed by atoms with Crippen LogP contribution >= 0.6 is 0 Å². The van der Waals surface area contributed by atoms with Crippen molar-refractivity contribution in [2.75, 3.05) is 0 Å². The topological polar surface area (TPSA) is 12.0 Å². The molecule has 0 aromatic heterocycles. The Bertz CT molecular complexity index is 362. The molecule has 1 heteroatoms. The summed E-state index contributed by atoms with van der Waals surface area (Å²) in [7, 11) is 0. The molecule has 1 saturated carbocycles. The van der Waals surface area contributed by atoms with Crippen LogP contribution < -0.4 is 5.32 Å². The molecule has 2 rings (SSSR count). The number of hydrogen-bond acceptors (Lipinski definition) is 1. The van der Waals surface area contributed by atoms with E-state index in [1.165, 1.54) is 31.2 Å². The standard InChI is InChI=1S/C16H25N/c1-4-16(3,5-2)17-12-14-8-6-7-9-15(14)13-10-11-13/h6-9,13,17H,4-5,10-12H2,1-3H3. The molecule has 1 fully saturated rings. The first-order valence-corrected chi connectivity index (χ1v) is 7.01. The highest BCUT2D eigenvalue weighted by molar-refractivity contribution is 5.33. The zero-order chi connectivity index (χ0) is 12.3. The summed E-state index contributed by atoms with van der Waals surface area (Å²) in [6, 6.07) is 8.93. The van der Waals surface area contributed by atoms with E-state index in [9.17, 15) is 0 Å². The lowest BCUT2D eigenvalue weighted by Crippen LogP contribution is -2.40. The molecule has 0 amide bonds. The molecule has 0 heterocycles. The molecular formula is C16H25N. The first-order chi connectivity index (χ1) is 8.18. The molecule has 1 aromatic rings. The summed E-state index contributed by atoms with van der Waals surface area (Å²) in [6.07, 6.45) is 5.15. The summed E-state index contributed by atoms with van der Waals surface area (Å²) in [5.41, 5.74) is 3.37. The highest BCUT2D eigenvalue weighted by Gasteiger charge is 2.26. The van der Waals surface area contributed by atoms with Crippen LogP contribution in [0.15, 0.2) is 24.3 Å². The summed E-state index contributed by atoms with van der Waals surface area (Å²) in [5, 5.41) is 3.73. The van der Waals surface area contributed by atoms with Crippen molar-refractivity contribution < 1.29 is 0 Å². The maximum absolute atomic E-state index is 3.73. The van der Waals surface area contributed by atoms with Gasteiger partial charge in [-0.15, -0.1) is 0 Å². The lowest BCUT2D eigenvalue weighted by atomic mass is 9.94. The Kier molecular flexibility index (Phi) is 3.88. The van der Waals surface area contributed by atoms with Crippen LogP contribution in [-0.2, 0) is 6.54 Å². The van der Waals surface area contributed by atoms with E-state index in [1.807, 2.05) is 0 Å². The second-order valence-corrected chi connectivity index (χ2v) is 5.59. The number of benzene rings is 1. The van der Waals surface area contributed by atoms with Gasteiger partial charge in [0, 0.05) is 12.1 Å². The molecule has 0 aliphatic heterocycles. The fourth-order valence-corrected chi connectivity index (χ4v) is 2.30. The van der Waals surface area contributed by atoms with Crippen LogP contribution in [0, 0.1) is 0 Å². The highest BCUT2D eigenvalue weighted by atomic mass is 15.0. The van der Waals surface area contributed by atoms with Gasteiger partial charge in [0.25, 0.3) is 0 Å². The van der Waals surface area contributed by atoms with Crippen LogP contribution in [0.3, 0.4) is 0 Å². The summed E-state index contributed by atoms with van der Waals surface area (Å²) in [4.78, 5) is 0. The van der Waals surface area contributed by atoms with Gasteiger partial charge in [0.15, 0.2) is 0 Å². The van der Waals surface area contributed by atoms with Gasteiger partial charge in [-0.1, -0.05) is 38.1 Å². The summed E-state index contributed by atoms with van der Waals surface area (Å²) < 4.78 is 0. The molecule has 17 heavy (non-hydrogen) atoms. The van der Waals surface area contributed by atoms with Crippen molar-refractivity contribution in [2.45, 2.75) is 64.5 Å². The number of rotatable bonds is 6. The van der Waals surface area contributed by atoms with Crippen molar-refractivity contribution in [1.29, 1.82) is 0 Å². The van der Waals surface area contributed by atoms with Crippen molar-refractivity contribution in [1.82, 2.24) is 5.32 Å². The van der Waals surface area contributed by atoms with Crippen molar-refractivity contribution in [3.8, 4) is 0 Å². The van der Waals surface area contributed by atoms with Gasteiger partial charge in [-0.3, -0.25) is 0 Å². The smallest absolute Gasteiger partial charge is 0.0213 e. The van der Waals surface area contributed by atoms with Crippen molar-refractivity contribution in [3.63, 3.8) is 0 Å². The minimum Gasteiger partial charge on any atom is -0.307 e. The molecule has 1 aromatic carbocycles. The predicted octanol–water partition coefficient (Wildman–Crippen LogP) is 4.23. The third-order valence-corrected chi connectivity index (χ3v) is 4.34. The van der Waals surface area contributed by atoms with Crippen LogP contribution in [-0.4, -0.2) is 5.54 Å². The second-order valence-electron chi connectivity index (χ2n) is 5.59. The minimum absolute atomic E-state index is 0.288. The Balaban J connectivity index is 2.03. The lowest BCUT2D eigenvalue weighted by molar-refractivity contribution is 0.329. The Hall–Kier alpha value is -0.820. The van der Waals surface area contributed by atoms with E-state index in [-0.39, 0.29) is 5.54 Å². The van der Waals surface area contributed by atoms with Gasteiger partial charge in [-0.2, -0.15) is 0 Å². The largest absolute Gasteiger partial charge is 0.307 e. The monoisotopic (exact) mass is 231 g/mol. The molecule has 0 spiro atoms. The maximum Gasteiger partial charge on any atom is 0.0213 e. The van der Waals surface area contributed by atoms with Gasteiger partial charge < -0.3 is 5.32 Å². The first kappa shape index (κ1) is 12.6. The average Bonchev–Trinajstić information content (AvgIpc) is 3.20.